The standard InChI is InChI=1S/C35H47F3N4O6Si/c1-24(43)47-17-9-15-41-29-13-12-25(27-14-16-40(22-27)33(45)48-34(2,3)4)21-30(29)42(23-46-18-19-49(5,6)7)32(41)39-31(44)26-10-8-11-28(20-26)35(36,37)38/h8,10-13,20-21,27H,9,14-19,22-23H2,1-7H3. The zero-order valence-electron chi connectivity index (χ0n) is 29.4. The number of benzene rings is 2. The number of amides is 2. The van der Waals surface area contributed by atoms with Crippen LogP contribution in [0.4, 0.5) is 18.0 Å². The van der Waals surface area contributed by atoms with Crippen molar-refractivity contribution in [3.63, 3.8) is 0 Å². The molecular formula is C35H47F3N4O6Si. The van der Waals surface area contributed by atoms with Crippen LogP contribution < -0.4 is 5.62 Å². The van der Waals surface area contributed by atoms with E-state index in [1.165, 1.54) is 19.1 Å². The third kappa shape index (κ3) is 10.5. The van der Waals surface area contributed by atoms with Crippen LogP contribution in [0.1, 0.15) is 67.9 Å². The number of carbonyl (C=O) groups excluding carboxylic acids is 3. The number of likely N-dealkylation sites (tertiary alicyclic amines) is 1. The summed E-state index contributed by atoms with van der Waals surface area (Å²) < 4.78 is 60.9. The Labute approximate surface area is 285 Å². The molecule has 0 saturated carbocycles. The number of carbonyl (C=O) groups is 3. The maximum Gasteiger partial charge on any atom is 0.416 e. The molecule has 3 aromatic rings. The van der Waals surface area contributed by atoms with Gasteiger partial charge in [0.05, 0.1) is 23.2 Å². The lowest BCUT2D eigenvalue weighted by molar-refractivity contribution is -0.141. The average molecular weight is 705 g/mol. The van der Waals surface area contributed by atoms with E-state index in [9.17, 15) is 27.6 Å². The molecule has 0 aliphatic carbocycles. The number of aryl methyl sites for hydroxylation is 1. The van der Waals surface area contributed by atoms with Crippen molar-refractivity contribution in [3.05, 3.63) is 64.8 Å². The first-order valence-corrected chi connectivity index (χ1v) is 20.2. The fraction of sp³-hybridized carbons (Fsp3) is 0.543. The van der Waals surface area contributed by atoms with Crippen molar-refractivity contribution >= 4 is 37.1 Å². The van der Waals surface area contributed by atoms with Crippen LogP contribution in [0, 0.1) is 0 Å². The van der Waals surface area contributed by atoms with Crippen LogP contribution in [0.25, 0.3) is 11.0 Å². The quantitative estimate of drug-likeness (QED) is 0.119. The molecule has 2 heterocycles. The number of alkyl halides is 3. The first-order valence-electron chi connectivity index (χ1n) is 16.5. The van der Waals surface area contributed by atoms with Gasteiger partial charge in [-0.15, -0.1) is 0 Å². The molecule has 0 bridgehead atoms. The second kappa shape index (κ2) is 15.3. The topological polar surface area (TPSA) is 104 Å². The predicted molar refractivity (Wildman–Crippen MR) is 182 cm³/mol. The van der Waals surface area contributed by atoms with E-state index < -0.39 is 37.3 Å². The number of imidazole rings is 1. The Hall–Kier alpha value is -3.91. The Kier molecular flexibility index (Phi) is 11.9. The SMILES string of the molecule is CC(=O)OCCCn1c(=NC(=O)c2cccc(C(F)(F)F)c2)n(COCC[Si](C)(C)C)c2cc(C3CCN(C(=O)OC(C)(C)C)C3)ccc21. The lowest BCUT2D eigenvalue weighted by Crippen LogP contribution is -2.35. The van der Waals surface area contributed by atoms with Crippen molar-refractivity contribution in [2.24, 2.45) is 4.99 Å². The fourth-order valence-corrected chi connectivity index (χ4v) is 6.31. The van der Waals surface area contributed by atoms with E-state index in [2.05, 4.69) is 24.6 Å². The zero-order chi connectivity index (χ0) is 36.1. The summed E-state index contributed by atoms with van der Waals surface area (Å²) in [4.78, 5) is 43.8. The van der Waals surface area contributed by atoms with Gasteiger partial charge in [-0.2, -0.15) is 18.2 Å². The summed E-state index contributed by atoms with van der Waals surface area (Å²) in [6, 6.07) is 11.0. The number of halogens is 3. The van der Waals surface area contributed by atoms with Crippen molar-refractivity contribution in [1.82, 2.24) is 14.0 Å². The molecule has 1 aliphatic rings. The van der Waals surface area contributed by atoms with Gasteiger partial charge in [0.15, 0.2) is 0 Å². The molecule has 14 heteroatoms. The van der Waals surface area contributed by atoms with Gasteiger partial charge in [0.25, 0.3) is 5.91 Å². The van der Waals surface area contributed by atoms with Gasteiger partial charge >= 0.3 is 18.2 Å². The fourth-order valence-electron chi connectivity index (χ4n) is 5.55. The van der Waals surface area contributed by atoms with Gasteiger partial charge in [-0.3, -0.25) is 14.2 Å². The number of fused-ring (bicyclic) bond motifs is 1. The minimum atomic E-state index is -4.62. The van der Waals surface area contributed by atoms with Gasteiger partial charge in [-0.1, -0.05) is 31.8 Å². The molecule has 4 rings (SSSR count). The van der Waals surface area contributed by atoms with Crippen LogP contribution in [0.15, 0.2) is 47.5 Å². The van der Waals surface area contributed by atoms with E-state index in [1.807, 2.05) is 39.0 Å². The second-order valence-electron chi connectivity index (χ2n) is 14.6. The van der Waals surface area contributed by atoms with Crippen LogP contribution in [-0.2, 0) is 38.5 Å². The Morgan fingerprint density at radius 2 is 1.71 bits per heavy atom. The van der Waals surface area contributed by atoms with Gasteiger partial charge in [0.1, 0.15) is 12.3 Å². The molecule has 2 amide bonds. The number of hydrogen-bond acceptors (Lipinski definition) is 6. The highest BCUT2D eigenvalue weighted by Gasteiger charge is 2.32. The third-order valence-electron chi connectivity index (χ3n) is 8.06. The van der Waals surface area contributed by atoms with E-state index in [4.69, 9.17) is 14.2 Å². The average Bonchev–Trinajstić information content (AvgIpc) is 3.59. The van der Waals surface area contributed by atoms with Gasteiger partial charge in [-0.25, -0.2) is 4.79 Å². The number of ether oxygens (including phenoxy) is 3. The molecule has 10 nitrogen and oxygen atoms in total. The number of rotatable bonds is 11. The summed E-state index contributed by atoms with van der Waals surface area (Å²) in [6.07, 6.45) is -3.86. The molecule has 49 heavy (non-hydrogen) atoms. The normalized spacial score (nSPS) is 16.0. The van der Waals surface area contributed by atoms with Crippen LogP contribution in [0.3, 0.4) is 0 Å². The van der Waals surface area contributed by atoms with Crippen molar-refractivity contribution in [2.75, 3.05) is 26.3 Å². The van der Waals surface area contributed by atoms with E-state index >= 15 is 0 Å². The molecular weight excluding hydrogens is 657 g/mol. The van der Waals surface area contributed by atoms with Gasteiger partial charge in [0, 0.05) is 52.7 Å². The van der Waals surface area contributed by atoms with E-state index in [1.54, 1.807) is 14.0 Å². The van der Waals surface area contributed by atoms with Crippen molar-refractivity contribution in [1.29, 1.82) is 0 Å². The van der Waals surface area contributed by atoms with Gasteiger partial charge < -0.3 is 23.7 Å². The highest BCUT2D eigenvalue weighted by Crippen LogP contribution is 2.31. The summed E-state index contributed by atoms with van der Waals surface area (Å²) in [5.74, 6) is -1.23. The third-order valence-corrected chi connectivity index (χ3v) is 9.77. The molecule has 2 aromatic carbocycles. The lowest BCUT2D eigenvalue weighted by Gasteiger charge is -2.24. The Morgan fingerprint density at radius 3 is 2.37 bits per heavy atom. The number of nitrogens with zero attached hydrogens (tertiary/aromatic N) is 4. The number of esters is 1. The van der Waals surface area contributed by atoms with Crippen molar-refractivity contribution in [2.45, 2.75) is 97.2 Å². The minimum absolute atomic E-state index is 0.0256. The minimum Gasteiger partial charge on any atom is -0.466 e. The summed E-state index contributed by atoms with van der Waals surface area (Å²) in [5, 5.41) is 0. The zero-order valence-corrected chi connectivity index (χ0v) is 30.4. The smallest absolute Gasteiger partial charge is 0.416 e. The monoisotopic (exact) mass is 704 g/mol. The maximum absolute atomic E-state index is 13.5. The Balaban J connectivity index is 1.80. The maximum atomic E-state index is 13.5. The molecule has 1 unspecified atom stereocenters. The predicted octanol–water partition coefficient (Wildman–Crippen LogP) is 7.19. The van der Waals surface area contributed by atoms with Gasteiger partial charge in [-0.05, 0) is 75.6 Å². The summed E-state index contributed by atoms with van der Waals surface area (Å²) in [6.45, 7) is 15.5. The number of aromatic nitrogens is 2. The largest absolute Gasteiger partial charge is 0.466 e. The molecule has 0 N–H and O–H groups in total. The van der Waals surface area contributed by atoms with Gasteiger partial charge in [0.2, 0.25) is 5.62 Å². The molecule has 0 spiro atoms. The number of hydrogen-bond donors (Lipinski definition) is 0. The van der Waals surface area contributed by atoms with Crippen LogP contribution in [-0.4, -0.2) is 72.0 Å². The lowest BCUT2D eigenvalue weighted by atomic mass is 9.98. The van der Waals surface area contributed by atoms with Crippen LogP contribution in [0.5, 0.6) is 0 Å². The highest BCUT2D eigenvalue weighted by molar-refractivity contribution is 6.76. The van der Waals surface area contributed by atoms with Crippen molar-refractivity contribution in [3.8, 4) is 0 Å². The van der Waals surface area contributed by atoms with Crippen LogP contribution in [0.2, 0.25) is 25.7 Å². The van der Waals surface area contributed by atoms with E-state index in [-0.39, 0.29) is 36.5 Å². The molecule has 1 aromatic heterocycles. The molecule has 1 fully saturated rings. The van der Waals surface area contributed by atoms with E-state index in [0.29, 0.717) is 38.2 Å². The first kappa shape index (κ1) is 37.9. The molecule has 268 valence electrons. The highest BCUT2D eigenvalue weighted by atomic mass is 28.3. The molecule has 1 atom stereocenters. The second-order valence-corrected chi connectivity index (χ2v) is 20.2. The van der Waals surface area contributed by atoms with E-state index in [0.717, 1.165) is 35.7 Å². The van der Waals surface area contributed by atoms with Crippen molar-refractivity contribution < 1.29 is 41.8 Å². The first-order chi connectivity index (χ1) is 22.8. The Morgan fingerprint density at radius 1 is 0.980 bits per heavy atom. The Bertz CT molecular complexity index is 1740. The molecule has 1 saturated heterocycles. The van der Waals surface area contributed by atoms with Crippen LogP contribution >= 0.6 is 0 Å². The summed E-state index contributed by atoms with van der Waals surface area (Å²) >= 11 is 0. The molecule has 1 aliphatic heterocycles. The summed E-state index contributed by atoms with van der Waals surface area (Å²) in [7, 11) is -1.43. The summed E-state index contributed by atoms with van der Waals surface area (Å²) in [5.41, 5.74) is 0.849. The molecule has 0 radical (unpaired) electrons.